The first-order chi connectivity index (χ1) is 21.5. The van der Waals surface area contributed by atoms with Crippen molar-refractivity contribution in [2.75, 3.05) is 48.8 Å². The molecule has 1 fully saturated rings. The van der Waals surface area contributed by atoms with Crippen molar-refractivity contribution >= 4 is 28.6 Å². The first-order valence-corrected chi connectivity index (χ1v) is 15.0. The average Bonchev–Trinajstić information content (AvgIpc) is 3.43. The molecule has 232 valence electrons. The van der Waals surface area contributed by atoms with Gasteiger partial charge in [-0.2, -0.15) is 0 Å². The molecule has 8 nitrogen and oxygen atoms in total. The molecule has 0 atom stereocenters. The van der Waals surface area contributed by atoms with E-state index in [0.29, 0.717) is 33.9 Å². The second-order valence-electron chi connectivity index (χ2n) is 12.4. The zero-order valence-electron chi connectivity index (χ0n) is 26.5. The van der Waals surface area contributed by atoms with Gasteiger partial charge in [-0.25, -0.2) is 9.37 Å². The van der Waals surface area contributed by atoms with Crippen molar-refractivity contribution in [1.82, 2.24) is 14.3 Å². The van der Waals surface area contributed by atoms with Crippen LogP contribution in [0.4, 0.5) is 21.5 Å². The van der Waals surface area contributed by atoms with Gasteiger partial charge in [0.1, 0.15) is 11.5 Å². The fourth-order valence-corrected chi connectivity index (χ4v) is 5.19. The molecule has 1 saturated heterocycles. The highest BCUT2D eigenvalue weighted by Crippen LogP contribution is 2.31. The number of nitrogens with two attached hydrogens (primary N) is 1. The average molecular weight is 606 g/mol. The molecule has 3 heterocycles. The second kappa shape index (κ2) is 12.9. The molecule has 0 saturated carbocycles. The number of benzene rings is 2. The summed E-state index contributed by atoms with van der Waals surface area (Å²) in [5.41, 5.74) is 12.1. The number of halogens is 1. The van der Waals surface area contributed by atoms with E-state index < -0.39 is 11.7 Å². The minimum absolute atomic E-state index is 0.0673. The van der Waals surface area contributed by atoms with Gasteiger partial charge >= 0.3 is 0 Å². The third-order valence-corrected chi connectivity index (χ3v) is 8.01. The van der Waals surface area contributed by atoms with E-state index in [0.717, 1.165) is 43.1 Å². The lowest BCUT2D eigenvalue weighted by atomic mass is 9.86. The number of carbonyl (C=O) groups is 1. The van der Waals surface area contributed by atoms with Crippen LogP contribution < -0.4 is 21.3 Å². The quantitative estimate of drug-likeness (QED) is 0.188. The van der Waals surface area contributed by atoms with Crippen LogP contribution in [-0.2, 0) is 5.41 Å². The number of anilines is 3. The van der Waals surface area contributed by atoms with E-state index in [1.54, 1.807) is 19.2 Å². The topological polar surface area (TPSA) is 90.9 Å². The van der Waals surface area contributed by atoms with Crippen molar-refractivity contribution in [1.29, 1.82) is 0 Å². The lowest BCUT2D eigenvalue weighted by Gasteiger charge is -2.35. The number of hydrogen-bond donors (Lipinski definition) is 3. The molecule has 0 radical (unpaired) electrons. The largest absolute Gasteiger partial charge is 0.403 e. The number of nitrogens with one attached hydrogen (secondary N) is 2. The zero-order valence-corrected chi connectivity index (χ0v) is 26.5. The van der Waals surface area contributed by atoms with E-state index in [2.05, 4.69) is 77.7 Å². The van der Waals surface area contributed by atoms with Crippen LogP contribution in [0.25, 0.3) is 5.65 Å². The molecule has 0 bridgehead atoms. The summed E-state index contributed by atoms with van der Waals surface area (Å²) in [5.74, 6) is 5.14. The Labute approximate surface area is 264 Å². The first-order valence-electron chi connectivity index (χ1n) is 15.0. The van der Waals surface area contributed by atoms with Crippen LogP contribution in [0, 0.1) is 24.6 Å². The predicted molar refractivity (Wildman–Crippen MR) is 181 cm³/mol. The third kappa shape index (κ3) is 7.03. The normalized spacial score (nSPS) is 14.2. The number of fused-ring (bicyclic) bond motifs is 1. The molecule has 1 aliphatic heterocycles. The van der Waals surface area contributed by atoms with Gasteiger partial charge in [-0.15, -0.1) is 0 Å². The van der Waals surface area contributed by atoms with Gasteiger partial charge in [-0.05, 0) is 85.0 Å². The molecular formula is C36H40FN7O. The van der Waals surface area contributed by atoms with E-state index >= 15 is 4.39 Å². The SMILES string of the molecule is C=C/C(=C\N)Nc1cccn2c(C#Cc3cc(C(=O)Nc4cc(N5CCN(C)CC5)cc(C(C)(C)C)c4)c(F)cc3C)cnc12. The summed E-state index contributed by atoms with van der Waals surface area (Å²) in [7, 11) is 2.12. The Balaban J connectivity index is 1.43. The molecule has 1 aliphatic rings. The minimum Gasteiger partial charge on any atom is -0.403 e. The van der Waals surface area contributed by atoms with E-state index in [4.69, 9.17) is 5.73 Å². The number of piperazine rings is 1. The number of imidazole rings is 1. The number of amides is 1. The minimum atomic E-state index is -0.599. The lowest BCUT2D eigenvalue weighted by molar-refractivity contribution is 0.102. The Hall–Kier alpha value is -5.07. The summed E-state index contributed by atoms with van der Waals surface area (Å²) in [6, 6.07) is 12.8. The predicted octanol–water partition coefficient (Wildman–Crippen LogP) is 5.88. The van der Waals surface area contributed by atoms with Crippen molar-refractivity contribution in [3.63, 3.8) is 0 Å². The van der Waals surface area contributed by atoms with Gasteiger partial charge in [0, 0.05) is 55.5 Å². The number of aromatic nitrogens is 2. The summed E-state index contributed by atoms with van der Waals surface area (Å²) in [6.07, 6.45) is 6.57. The van der Waals surface area contributed by atoms with Crippen molar-refractivity contribution in [2.24, 2.45) is 5.73 Å². The summed E-state index contributed by atoms with van der Waals surface area (Å²) in [6.45, 7) is 15.7. The maximum atomic E-state index is 15.2. The number of likely N-dealkylation sites (N-methyl/N-ethyl adjacent to an activating group) is 1. The molecular weight excluding hydrogens is 565 g/mol. The van der Waals surface area contributed by atoms with Crippen molar-refractivity contribution in [3.8, 4) is 11.8 Å². The molecule has 4 aromatic rings. The van der Waals surface area contributed by atoms with Crippen LogP contribution in [-0.4, -0.2) is 53.4 Å². The van der Waals surface area contributed by atoms with Crippen molar-refractivity contribution in [2.45, 2.75) is 33.1 Å². The Morgan fingerprint density at radius 1 is 1.09 bits per heavy atom. The Bertz CT molecular complexity index is 1850. The monoisotopic (exact) mass is 605 g/mol. The van der Waals surface area contributed by atoms with Crippen LogP contribution in [0.3, 0.4) is 0 Å². The Morgan fingerprint density at radius 3 is 2.53 bits per heavy atom. The molecule has 2 aromatic carbocycles. The maximum Gasteiger partial charge on any atom is 0.258 e. The van der Waals surface area contributed by atoms with Crippen molar-refractivity contribution < 1.29 is 9.18 Å². The van der Waals surface area contributed by atoms with Crippen LogP contribution in [0.2, 0.25) is 0 Å². The number of pyridine rings is 1. The molecule has 45 heavy (non-hydrogen) atoms. The number of allylic oxidation sites excluding steroid dienone is 1. The number of nitrogens with zero attached hydrogens (tertiary/aromatic N) is 4. The molecule has 9 heteroatoms. The molecule has 0 aliphatic carbocycles. The molecule has 2 aromatic heterocycles. The summed E-state index contributed by atoms with van der Waals surface area (Å²) < 4.78 is 17.1. The first kappa shape index (κ1) is 31.4. The number of carbonyl (C=O) groups excluding carboxylic acids is 1. The van der Waals surface area contributed by atoms with Crippen LogP contribution in [0.1, 0.15) is 53.5 Å². The smallest absolute Gasteiger partial charge is 0.258 e. The van der Waals surface area contributed by atoms with Crippen molar-refractivity contribution in [3.05, 3.63) is 113 Å². The molecule has 0 unspecified atom stereocenters. The van der Waals surface area contributed by atoms with Gasteiger partial charge in [0.15, 0.2) is 5.65 Å². The highest BCUT2D eigenvalue weighted by Gasteiger charge is 2.21. The highest BCUT2D eigenvalue weighted by atomic mass is 19.1. The Kier molecular flexibility index (Phi) is 8.98. The van der Waals surface area contributed by atoms with Gasteiger partial charge in [-0.1, -0.05) is 33.3 Å². The van der Waals surface area contributed by atoms with Gasteiger partial charge in [0.05, 0.1) is 23.1 Å². The molecule has 0 spiro atoms. The summed E-state index contributed by atoms with van der Waals surface area (Å²) in [4.78, 5) is 22.7. The van der Waals surface area contributed by atoms with Gasteiger partial charge in [-0.3, -0.25) is 9.20 Å². The standard InChI is InChI=1S/C36H40FN7O/c1-7-27(22-38)40-33-9-8-12-44-29(23-39-34(33)44)11-10-25-18-31(32(37)17-24(25)2)35(45)41-28-19-26(36(3,4)5)20-30(21-28)43-15-13-42(6)14-16-43/h7-9,12,17-23,40H,1,13-16,38H2,2-6H3,(H,41,45)/b27-22+. The van der Waals surface area contributed by atoms with Gasteiger partial charge in [0.2, 0.25) is 0 Å². The van der Waals surface area contributed by atoms with E-state index in [9.17, 15) is 4.79 Å². The zero-order chi connectivity index (χ0) is 32.3. The van der Waals surface area contributed by atoms with E-state index in [1.165, 1.54) is 18.3 Å². The summed E-state index contributed by atoms with van der Waals surface area (Å²) in [5, 5.41) is 6.16. The second-order valence-corrected chi connectivity index (χ2v) is 12.4. The fraction of sp³-hybridized carbons (Fsp3) is 0.278. The number of hydrogen-bond acceptors (Lipinski definition) is 6. The van der Waals surface area contributed by atoms with E-state index in [-0.39, 0.29) is 11.0 Å². The molecule has 1 amide bonds. The maximum absolute atomic E-state index is 15.2. The fourth-order valence-electron chi connectivity index (χ4n) is 5.19. The van der Waals surface area contributed by atoms with E-state index in [1.807, 2.05) is 34.9 Å². The number of rotatable bonds is 6. The Morgan fingerprint density at radius 2 is 1.84 bits per heavy atom. The van der Waals surface area contributed by atoms with Gasteiger partial charge < -0.3 is 26.2 Å². The van der Waals surface area contributed by atoms with Crippen LogP contribution >= 0.6 is 0 Å². The third-order valence-electron chi connectivity index (χ3n) is 8.01. The van der Waals surface area contributed by atoms with Crippen LogP contribution in [0.5, 0.6) is 0 Å². The summed E-state index contributed by atoms with van der Waals surface area (Å²) >= 11 is 0. The highest BCUT2D eigenvalue weighted by molar-refractivity contribution is 6.05. The number of aryl methyl sites for hydroxylation is 1. The van der Waals surface area contributed by atoms with Crippen LogP contribution in [0.15, 0.2) is 79.4 Å². The van der Waals surface area contributed by atoms with Gasteiger partial charge in [0.25, 0.3) is 5.91 Å². The lowest BCUT2D eigenvalue weighted by Crippen LogP contribution is -2.44. The molecule has 5 rings (SSSR count). The molecule has 4 N–H and O–H groups in total.